The molecule has 3 rings (SSSR count). The SMILES string of the molecule is CCOc1cc(N)cc(N2CCC(c3ccccc3)C2)c1. The molecule has 2 aromatic rings. The Kier molecular flexibility index (Phi) is 4.00. The summed E-state index contributed by atoms with van der Waals surface area (Å²) < 4.78 is 5.59. The van der Waals surface area contributed by atoms with Crippen molar-refractivity contribution in [2.24, 2.45) is 0 Å². The van der Waals surface area contributed by atoms with Crippen LogP contribution in [-0.2, 0) is 0 Å². The number of hydrogen-bond acceptors (Lipinski definition) is 3. The molecule has 1 unspecified atom stereocenters. The molecule has 1 saturated heterocycles. The number of ether oxygens (including phenoxy) is 1. The predicted octanol–water partition coefficient (Wildman–Crippen LogP) is 3.66. The van der Waals surface area contributed by atoms with E-state index in [1.165, 1.54) is 12.0 Å². The summed E-state index contributed by atoms with van der Waals surface area (Å²) in [7, 11) is 0. The standard InChI is InChI=1S/C18H22N2O/c1-2-21-18-11-16(19)10-17(12-18)20-9-8-15(13-20)14-6-4-3-5-7-14/h3-7,10-12,15H,2,8-9,13,19H2,1H3. The number of benzene rings is 2. The summed E-state index contributed by atoms with van der Waals surface area (Å²) in [6.45, 7) is 4.76. The summed E-state index contributed by atoms with van der Waals surface area (Å²) in [6, 6.07) is 16.8. The molecule has 3 nitrogen and oxygen atoms in total. The van der Waals surface area contributed by atoms with Gasteiger partial charge in [-0.1, -0.05) is 30.3 Å². The van der Waals surface area contributed by atoms with Crippen molar-refractivity contribution in [2.75, 3.05) is 30.3 Å². The summed E-state index contributed by atoms with van der Waals surface area (Å²) in [5.74, 6) is 1.46. The minimum atomic E-state index is 0.600. The van der Waals surface area contributed by atoms with Crippen LogP contribution in [-0.4, -0.2) is 19.7 Å². The molecule has 2 aromatic carbocycles. The van der Waals surface area contributed by atoms with Gasteiger partial charge in [-0.05, 0) is 25.0 Å². The number of nitrogens with two attached hydrogens (primary N) is 1. The molecule has 0 spiro atoms. The third-order valence-corrected chi connectivity index (χ3v) is 4.05. The molecule has 1 fully saturated rings. The van der Waals surface area contributed by atoms with Crippen LogP contribution in [0.4, 0.5) is 11.4 Å². The lowest BCUT2D eigenvalue weighted by molar-refractivity contribution is 0.340. The average molecular weight is 282 g/mol. The first-order valence-corrected chi connectivity index (χ1v) is 7.59. The zero-order chi connectivity index (χ0) is 14.7. The van der Waals surface area contributed by atoms with Gasteiger partial charge in [-0.2, -0.15) is 0 Å². The van der Waals surface area contributed by atoms with Crippen LogP contribution in [0.15, 0.2) is 48.5 Å². The first kappa shape index (κ1) is 13.8. The molecule has 1 heterocycles. The average Bonchev–Trinajstić information content (AvgIpc) is 2.98. The first-order chi connectivity index (χ1) is 10.3. The highest BCUT2D eigenvalue weighted by Crippen LogP contribution is 2.33. The van der Waals surface area contributed by atoms with Crippen LogP contribution in [0.1, 0.15) is 24.8 Å². The molecule has 2 N–H and O–H groups in total. The van der Waals surface area contributed by atoms with Gasteiger partial charge >= 0.3 is 0 Å². The monoisotopic (exact) mass is 282 g/mol. The smallest absolute Gasteiger partial charge is 0.123 e. The van der Waals surface area contributed by atoms with Crippen molar-refractivity contribution in [3.05, 3.63) is 54.1 Å². The highest BCUT2D eigenvalue weighted by atomic mass is 16.5. The lowest BCUT2D eigenvalue weighted by Gasteiger charge is -2.20. The Morgan fingerprint density at radius 1 is 1.19 bits per heavy atom. The molecule has 0 radical (unpaired) electrons. The number of nitrogen functional groups attached to an aromatic ring is 1. The minimum Gasteiger partial charge on any atom is -0.494 e. The van der Waals surface area contributed by atoms with Crippen LogP contribution in [0.3, 0.4) is 0 Å². The number of nitrogens with zero attached hydrogens (tertiary/aromatic N) is 1. The maximum atomic E-state index is 6.00. The van der Waals surface area contributed by atoms with Crippen molar-refractivity contribution >= 4 is 11.4 Å². The molecular formula is C18H22N2O. The topological polar surface area (TPSA) is 38.5 Å². The van der Waals surface area contributed by atoms with E-state index in [-0.39, 0.29) is 0 Å². The molecule has 0 aliphatic carbocycles. The molecule has 0 aromatic heterocycles. The molecule has 1 aliphatic rings. The predicted molar refractivity (Wildman–Crippen MR) is 88.0 cm³/mol. The quantitative estimate of drug-likeness (QED) is 0.870. The van der Waals surface area contributed by atoms with Crippen molar-refractivity contribution in [1.82, 2.24) is 0 Å². The van der Waals surface area contributed by atoms with E-state index in [9.17, 15) is 0 Å². The van der Waals surface area contributed by atoms with E-state index < -0.39 is 0 Å². The molecule has 3 heteroatoms. The summed E-state index contributed by atoms with van der Waals surface area (Å²) >= 11 is 0. The normalized spacial score (nSPS) is 18.0. The van der Waals surface area contributed by atoms with E-state index in [0.29, 0.717) is 12.5 Å². The molecular weight excluding hydrogens is 260 g/mol. The van der Waals surface area contributed by atoms with Gasteiger partial charge in [-0.15, -0.1) is 0 Å². The summed E-state index contributed by atoms with van der Waals surface area (Å²) in [6.07, 6.45) is 1.18. The summed E-state index contributed by atoms with van der Waals surface area (Å²) in [5, 5.41) is 0. The van der Waals surface area contributed by atoms with Gasteiger partial charge in [-0.25, -0.2) is 0 Å². The fourth-order valence-electron chi connectivity index (χ4n) is 3.03. The van der Waals surface area contributed by atoms with Crippen LogP contribution in [0.2, 0.25) is 0 Å². The van der Waals surface area contributed by atoms with Crippen molar-refractivity contribution in [1.29, 1.82) is 0 Å². The zero-order valence-corrected chi connectivity index (χ0v) is 12.5. The maximum Gasteiger partial charge on any atom is 0.123 e. The second kappa shape index (κ2) is 6.08. The Bertz CT molecular complexity index is 597. The fourth-order valence-corrected chi connectivity index (χ4v) is 3.03. The highest BCUT2D eigenvalue weighted by molar-refractivity contribution is 5.61. The number of anilines is 2. The third kappa shape index (κ3) is 3.13. The van der Waals surface area contributed by atoms with Crippen LogP contribution >= 0.6 is 0 Å². The minimum absolute atomic E-state index is 0.600. The van der Waals surface area contributed by atoms with Crippen molar-refractivity contribution in [3.63, 3.8) is 0 Å². The van der Waals surface area contributed by atoms with Crippen LogP contribution < -0.4 is 15.4 Å². The van der Waals surface area contributed by atoms with Gasteiger partial charge in [0, 0.05) is 42.5 Å². The maximum absolute atomic E-state index is 6.00. The van der Waals surface area contributed by atoms with Gasteiger partial charge in [-0.3, -0.25) is 0 Å². The molecule has 0 bridgehead atoms. The van der Waals surface area contributed by atoms with Crippen LogP contribution in [0.25, 0.3) is 0 Å². The van der Waals surface area contributed by atoms with Gasteiger partial charge in [0.25, 0.3) is 0 Å². The van der Waals surface area contributed by atoms with E-state index in [2.05, 4.69) is 41.3 Å². The Morgan fingerprint density at radius 2 is 2.00 bits per heavy atom. The summed E-state index contributed by atoms with van der Waals surface area (Å²) in [5.41, 5.74) is 9.35. The first-order valence-electron chi connectivity index (χ1n) is 7.59. The van der Waals surface area contributed by atoms with Gasteiger partial charge in [0.1, 0.15) is 5.75 Å². The Morgan fingerprint density at radius 3 is 2.76 bits per heavy atom. The Hall–Kier alpha value is -2.16. The van der Waals surface area contributed by atoms with Crippen molar-refractivity contribution in [2.45, 2.75) is 19.3 Å². The van der Waals surface area contributed by atoms with Crippen molar-refractivity contribution < 1.29 is 4.74 Å². The van der Waals surface area contributed by atoms with E-state index in [1.54, 1.807) is 0 Å². The van der Waals surface area contributed by atoms with Gasteiger partial charge in [0.2, 0.25) is 0 Å². The number of rotatable bonds is 4. The van der Waals surface area contributed by atoms with Gasteiger partial charge in [0.05, 0.1) is 6.61 Å². The van der Waals surface area contributed by atoms with E-state index in [1.807, 2.05) is 19.1 Å². The molecule has 1 atom stereocenters. The lowest BCUT2D eigenvalue weighted by atomic mass is 9.99. The zero-order valence-electron chi connectivity index (χ0n) is 12.5. The fraction of sp³-hybridized carbons (Fsp3) is 0.333. The number of hydrogen-bond donors (Lipinski definition) is 1. The molecule has 1 aliphatic heterocycles. The Balaban J connectivity index is 1.77. The summed E-state index contributed by atoms with van der Waals surface area (Å²) in [4.78, 5) is 2.40. The van der Waals surface area contributed by atoms with Crippen LogP contribution in [0.5, 0.6) is 5.75 Å². The van der Waals surface area contributed by atoms with Crippen LogP contribution in [0, 0.1) is 0 Å². The lowest BCUT2D eigenvalue weighted by Crippen LogP contribution is -2.19. The molecule has 21 heavy (non-hydrogen) atoms. The van der Waals surface area contributed by atoms with E-state index in [0.717, 1.165) is 30.2 Å². The highest BCUT2D eigenvalue weighted by Gasteiger charge is 2.24. The second-order valence-corrected chi connectivity index (χ2v) is 5.54. The molecule has 0 amide bonds. The van der Waals surface area contributed by atoms with Crippen molar-refractivity contribution in [3.8, 4) is 5.75 Å². The van der Waals surface area contributed by atoms with Gasteiger partial charge < -0.3 is 15.4 Å². The Labute approximate surface area is 126 Å². The molecule has 0 saturated carbocycles. The molecule has 110 valence electrons. The van der Waals surface area contributed by atoms with E-state index in [4.69, 9.17) is 10.5 Å². The second-order valence-electron chi connectivity index (χ2n) is 5.54. The van der Waals surface area contributed by atoms with Gasteiger partial charge in [0.15, 0.2) is 0 Å². The largest absolute Gasteiger partial charge is 0.494 e. The third-order valence-electron chi connectivity index (χ3n) is 4.05. The van der Waals surface area contributed by atoms with E-state index >= 15 is 0 Å².